The number of aliphatic hydroxyl groups is 1. The zero-order valence-corrected chi connectivity index (χ0v) is 9.33. The molecule has 0 radical (unpaired) electrons. The van der Waals surface area contributed by atoms with Gasteiger partial charge in [0.1, 0.15) is 5.60 Å². The van der Waals surface area contributed by atoms with Gasteiger partial charge in [-0.2, -0.15) is 11.8 Å². The third-order valence-electron chi connectivity index (χ3n) is 2.76. The molecule has 0 spiro atoms. The zero-order chi connectivity index (χ0) is 9.31. The lowest BCUT2D eigenvalue weighted by atomic mass is 9.86. The van der Waals surface area contributed by atoms with Gasteiger partial charge in [-0.3, -0.25) is 0 Å². The van der Waals surface area contributed by atoms with Crippen molar-refractivity contribution in [1.82, 2.24) is 0 Å². The van der Waals surface area contributed by atoms with Crippen molar-refractivity contribution >= 4 is 23.1 Å². The molecule has 1 aromatic rings. The van der Waals surface area contributed by atoms with Gasteiger partial charge in [0.15, 0.2) is 0 Å². The van der Waals surface area contributed by atoms with Crippen LogP contribution in [0.5, 0.6) is 0 Å². The SMILES string of the molecule is CC1CSCCC1(O)c1cccs1. The molecule has 0 amide bonds. The third kappa shape index (κ3) is 1.65. The Kier molecular flexibility index (Phi) is 2.67. The number of hydrogen-bond donors (Lipinski definition) is 1. The van der Waals surface area contributed by atoms with Crippen molar-refractivity contribution in [2.45, 2.75) is 18.9 Å². The van der Waals surface area contributed by atoms with Crippen LogP contribution in [0.4, 0.5) is 0 Å². The van der Waals surface area contributed by atoms with Crippen LogP contribution in [0.3, 0.4) is 0 Å². The van der Waals surface area contributed by atoms with Gasteiger partial charge in [-0.15, -0.1) is 11.3 Å². The molecular weight excluding hydrogens is 200 g/mol. The first-order valence-corrected chi connectivity index (χ1v) is 6.61. The molecule has 72 valence electrons. The van der Waals surface area contributed by atoms with E-state index in [-0.39, 0.29) is 0 Å². The average Bonchev–Trinajstić information content (AvgIpc) is 2.63. The maximum absolute atomic E-state index is 10.5. The van der Waals surface area contributed by atoms with Crippen molar-refractivity contribution in [2.75, 3.05) is 11.5 Å². The van der Waals surface area contributed by atoms with Crippen molar-refractivity contribution in [1.29, 1.82) is 0 Å². The normalized spacial score (nSPS) is 34.8. The van der Waals surface area contributed by atoms with Crippen LogP contribution in [0.15, 0.2) is 17.5 Å². The number of rotatable bonds is 1. The molecule has 3 heteroatoms. The molecule has 0 aromatic carbocycles. The molecule has 13 heavy (non-hydrogen) atoms. The van der Waals surface area contributed by atoms with Crippen LogP contribution in [-0.4, -0.2) is 16.6 Å². The van der Waals surface area contributed by atoms with E-state index in [4.69, 9.17) is 0 Å². The largest absolute Gasteiger partial charge is 0.384 e. The molecule has 0 saturated carbocycles. The second-order valence-electron chi connectivity index (χ2n) is 3.63. The molecular formula is C10H14OS2. The Bertz CT molecular complexity index is 270. The van der Waals surface area contributed by atoms with E-state index >= 15 is 0 Å². The van der Waals surface area contributed by atoms with E-state index in [1.165, 1.54) is 0 Å². The van der Waals surface area contributed by atoms with Gasteiger partial charge in [0.05, 0.1) is 0 Å². The number of thiophene rings is 1. The Labute approximate surface area is 87.2 Å². The Hall–Kier alpha value is 0.01000. The molecule has 2 unspecified atom stereocenters. The molecule has 1 aliphatic heterocycles. The monoisotopic (exact) mass is 214 g/mol. The summed E-state index contributed by atoms with van der Waals surface area (Å²) in [6.07, 6.45) is 0.902. The van der Waals surface area contributed by atoms with Crippen LogP contribution < -0.4 is 0 Å². The molecule has 0 aliphatic carbocycles. The molecule has 1 fully saturated rings. The van der Waals surface area contributed by atoms with Crippen LogP contribution in [0.25, 0.3) is 0 Å². The summed E-state index contributed by atoms with van der Waals surface area (Å²) in [6, 6.07) is 4.07. The molecule has 1 nitrogen and oxygen atoms in total. The lowest BCUT2D eigenvalue weighted by Gasteiger charge is -2.37. The fourth-order valence-electron chi connectivity index (χ4n) is 1.76. The van der Waals surface area contributed by atoms with Crippen molar-refractivity contribution in [2.24, 2.45) is 5.92 Å². The van der Waals surface area contributed by atoms with E-state index in [2.05, 4.69) is 13.0 Å². The highest BCUT2D eigenvalue weighted by Crippen LogP contribution is 2.41. The molecule has 2 atom stereocenters. The molecule has 1 aliphatic rings. The van der Waals surface area contributed by atoms with E-state index in [1.54, 1.807) is 11.3 Å². The number of hydrogen-bond acceptors (Lipinski definition) is 3. The Morgan fingerprint density at radius 2 is 2.46 bits per heavy atom. The minimum Gasteiger partial charge on any atom is -0.384 e. The van der Waals surface area contributed by atoms with Crippen molar-refractivity contribution in [3.63, 3.8) is 0 Å². The summed E-state index contributed by atoms with van der Waals surface area (Å²) in [5, 5.41) is 12.5. The van der Waals surface area contributed by atoms with Crippen LogP contribution in [0.2, 0.25) is 0 Å². The smallest absolute Gasteiger partial charge is 0.103 e. The Balaban J connectivity index is 2.27. The summed E-state index contributed by atoms with van der Waals surface area (Å²) >= 11 is 3.62. The van der Waals surface area contributed by atoms with E-state index in [1.807, 2.05) is 23.2 Å². The highest BCUT2D eigenvalue weighted by atomic mass is 32.2. The fourth-order valence-corrected chi connectivity index (χ4v) is 3.98. The van der Waals surface area contributed by atoms with Crippen LogP contribution in [-0.2, 0) is 5.60 Å². The fraction of sp³-hybridized carbons (Fsp3) is 0.600. The summed E-state index contributed by atoms with van der Waals surface area (Å²) < 4.78 is 0. The van der Waals surface area contributed by atoms with Crippen molar-refractivity contribution in [3.8, 4) is 0 Å². The molecule has 1 aromatic heterocycles. The first kappa shape index (κ1) is 9.56. The predicted molar refractivity (Wildman–Crippen MR) is 59.3 cm³/mol. The van der Waals surface area contributed by atoms with Gasteiger partial charge in [-0.25, -0.2) is 0 Å². The van der Waals surface area contributed by atoms with E-state index in [0.29, 0.717) is 5.92 Å². The maximum Gasteiger partial charge on any atom is 0.103 e. The van der Waals surface area contributed by atoms with Gasteiger partial charge < -0.3 is 5.11 Å². The van der Waals surface area contributed by atoms with Gasteiger partial charge in [0.2, 0.25) is 0 Å². The quantitative estimate of drug-likeness (QED) is 0.775. The van der Waals surface area contributed by atoms with Crippen LogP contribution in [0, 0.1) is 5.92 Å². The lowest BCUT2D eigenvalue weighted by Crippen LogP contribution is -2.37. The van der Waals surface area contributed by atoms with Crippen LogP contribution >= 0.6 is 23.1 Å². The summed E-state index contributed by atoms with van der Waals surface area (Å²) in [5.74, 6) is 2.54. The van der Waals surface area contributed by atoms with Crippen LogP contribution in [0.1, 0.15) is 18.2 Å². The van der Waals surface area contributed by atoms with Gasteiger partial charge in [-0.05, 0) is 35.3 Å². The van der Waals surface area contributed by atoms with Crippen molar-refractivity contribution in [3.05, 3.63) is 22.4 Å². The molecule has 1 saturated heterocycles. The van der Waals surface area contributed by atoms with E-state index < -0.39 is 5.60 Å². The van der Waals surface area contributed by atoms with Gasteiger partial charge in [0, 0.05) is 4.88 Å². The standard InChI is InChI=1S/C10H14OS2/c1-8-7-12-6-4-10(8,11)9-3-2-5-13-9/h2-3,5,8,11H,4,6-7H2,1H3. The molecule has 0 bridgehead atoms. The highest BCUT2D eigenvalue weighted by molar-refractivity contribution is 7.99. The second-order valence-corrected chi connectivity index (χ2v) is 5.73. The molecule has 2 heterocycles. The minimum atomic E-state index is -0.542. The lowest BCUT2D eigenvalue weighted by molar-refractivity contribution is -0.0107. The first-order chi connectivity index (χ1) is 6.23. The average molecular weight is 214 g/mol. The topological polar surface area (TPSA) is 20.2 Å². The number of thioether (sulfide) groups is 1. The summed E-state index contributed by atoms with van der Waals surface area (Å²) in [4.78, 5) is 1.14. The highest BCUT2D eigenvalue weighted by Gasteiger charge is 2.38. The summed E-state index contributed by atoms with van der Waals surface area (Å²) in [7, 11) is 0. The Morgan fingerprint density at radius 1 is 1.62 bits per heavy atom. The Morgan fingerprint density at radius 3 is 3.08 bits per heavy atom. The predicted octanol–water partition coefficient (Wildman–Crippen LogP) is 2.71. The minimum absolute atomic E-state index is 0.380. The van der Waals surface area contributed by atoms with E-state index in [0.717, 1.165) is 22.8 Å². The molecule has 1 N–H and O–H groups in total. The summed E-state index contributed by atoms with van der Waals surface area (Å²) in [5.41, 5.74) is -0.542. The first-order valence-electron chi connectivity index (χ1n) is 4.57. The summed E-state index contributed by atoms with van der Waals surface area (Å²) in [6.45, 7) is 2.14. The van der Waals surface area contributed by atoms with Crippen molar-refractivity contribution < 1.29 is 5.11 Å². The maximum atomic E-state index is 10.5. The zero-order valence-electron chi connectivity index (χ0n) is 7.69. The van der Waals surface area contributed by atoms with Gasteiger partial charge in [0.25, 0.3) is 0 Å². The second kappa shape index (κ2) is 3.64. The van der Waals surface area contributed by atoms with Gasteiger partial charge in [-0.1, -0.05) is 13.0 Å². The molecule has 2 rings (SSSR count). The third-order valence-corrected chi connectivity index (χ3v) is 5.02. The van der Waals surface area contributed by atoms with E-state index in [9.17, 15) is 5.11 Å². The van der Waals surface area contributed by atoms with Gasteiger partial charge >= 0.3 is 0 Å².